The first kappa shape index (κ1) is 24.8. The van der Waals surface area contributed by atoms with Gasteiger partial charge in [-0.15, -0.1) is 0 Å². The Hall–Kier alpha value is -2.85. The van der Waals surface area contributed by atoms with Crippen molar-refractivity contribution in [1.82, 2.24) is 20.9 Å². The van der Waals surface area contributed by atoms with Crippen LogP contribution in [0.3, 0.4) is 0 Å². The van der Waals surface area contributed by atoms with Gasteiger partial charge in [-0.3, -0.25) is 4.99 Å². The number of likely N-dealkylation sites (tertiary alicyclic amines) is 1. The lowest BCUT2D eigenvalue weighted by atomic mass is 9.81. The third kappa shape index (κ3) is 5.15. The zero-order chi connectivity index (χ0) is 25.4. The molecule has 0 bridgehead atoms. The van der Waals surface area contributed by atoms with Crippen LogP contribution in [0.5, 0.6) is 0 Å². The molecule has 0 spiro atoms. The van der Waals surface area contributed by atoms with Crippen LogP contribution in [0.25, 0.3) is 0 Å². The number of dihydropyridines is 1. The molecule has 6 atom stereocenters. The molecule has 0 radical (unpaired) electrons. The third-order valence-corrected chi connectivity index (χ3v) is 7.63. The molecule has 2 fully saturated rings. The summed E-state index contributed by atoms with van der Waals surface area (Å²) in [5.74, 6) is -4.60. The fraction of sp³-hybridized carbons (Fsp3) is 0.600. The fourth-order valence-electron chi connectivity index (χ4n) is 5.78. The Balaban J connectivity index is 1.31. The number of nitrogens with zero attached hydrogens (tertiary/aromatic N) is 2. The smallest absolute Gasteiger partial charge is 0.384 e. The van der Waals surface area contributed by atoms with Crippen molar-refractivity contribution in [3.8, 4) is 0 Å². The van der Waals surface area contributed by atoms with E-state index in [1.807, 2.05) is 0 Å². The van der Waals surface area contributed by atoms with Crippen LogP contribution in [0.2, 0.25) is 0 Å². The summed E-state index contributed by atoms with van der Waals surface area (Å²) in [6.07, 6.45) is 6.14. The van der Waals surface area contributed by atoms with Gasteiger partial charge in [0.05, 0.1) is 12.1 Å². The number of alkyl halides is 3. The highest BCUT2D eigenvalue weighted by molar-refractivity contribution is 5.97. The predicted molar refractivity (Wildman–Crippen MR) is 125 cm³/mol. The van der Waals surface area contributed by atoms with E-state index in [4.69, 9.17) is 0 Å². The molecule has 6 nitrogen and oxygen atoms in total. The van der Waals surface area contributed by atoms with Crippen LogP contribution in [0.4, 0.5) is 26.7 Å². The van der Waals surface area contributed by atoms with Gasteiger partial charge in [-0.05, 0) is 68.5 Å². The maximum atomic E-state index is 14.9. The number of rotatable bonds is 3. The molecule has 5 aliphatic rings. The van der Waals surface area contributed by atoms with Crippen LogP contribution in [-0.2, 0) is 0 Å². The number of amidine groups is 1. The average Bonchev–Trinajstić information content (AvgIpc) is 3.50. The minimum absolute atomic E-state index is 0.107. The number of allylic oxidation sites excluding steroid dienone is 2. The van der Waals surface area contributed by atoms with E-state index in [2.05, 4.69) is 20.9 Å². The van der Waals surface area contributed by atoms with Gasteiger partial charge >= 0.3 is 12.2 Å². The van der Waals surface area contributed by atoms with Gasteiger partial charge in [0, 0.05) is 31.1 Å². The van der Waals surface area contributed by atoms with Crippen LogP contribution in [0.15, 0.2) is 52.7 Å². The van der Waals surface area contributed by atoms with Crippen molar-refractivity contribution in [1.29, 1.82) is 0 Å². The Bertz CT molecular complexity index is 1030. The number of urea groups is 1. The van der Waals surface area contributed by atoms with E-state index >= 15 is 0 Å². The van der Waals surface area contributed by atoms with E-state index in [0.29, 0.717) is 18.9 Å². The molecule has 11 heteroatoms. The van der Waals surface area contributed by atoms with Crippen LogP contribution < -0.4 is 16.0 Å². The summed E-state index contributed by atoms with van der Waals surface area (Å²) in [7, 11) is 0. The number of nitrogens with one attached hydrogen (secondary N) is 3. The average molecular weight is 512 g/mol. The molecule has 5 unspecified atom stereocenters. The first-order valence-electron chi connectivity index (χ1n) is 12.5. The van der Waals surface area contributed by atoms with Crippen molar-refractivity contribution in [2.45, 2.75) is 68.9 Å². The van der Waals surface area contributed by atoms with Crippen molar-refractivity contribution in [3.05, 3.63) is 47.7 Å². The van der Waals surface area contributed by atoms with Gasteiger partial charge in [0.1, 0.15) is 11.7 Å². The van der Waals surface area contributed by atoms with Crippen molar-refractivity contribution in [2.75, 3.05) is 13.1 Å². The number of carbonyl (C=O) groups is 1. The minimum atomic E-state index is -4.72. The molecule has 2 aliphatic carbocycles. The van der Waals surface area contributed by atoms with Crippen LogP contribution in [0.1, 0.15) is 38.5 Å². The highest BCUT2D eigenvalue weighted by Gasteiger charge is 2.50. The second kappa shape index (κ2) is 9.89. The summed E-state index contributed by atoms with van der Waals surface area (Å²) in [4.78, 5) is 18.5. The Morgan fingerprint density at radius 2 is 1.83 bits per heavy atom. The zero-order valence-electron chi connectivity index (χ0n) is 19.7. The molecule has 0 aromatic carbocycles. The first-order chi connectivity index (χ1) is 17.2. The monoisotopic (exact) mass is 511 g/mol. The molecule has 0 aromatic rings. The van der Waals surface area contributed by atoms with Gasteiger partial charge < -0.3 is 20.9 Å². The molecule has 5 rings (SSSR count). The van der Waals surface area contributed by atoms with Crippen molar-refractivity contribution in [3.63, 3.8) is 0 Å². The Kier molecular flexibility index (Phi) is 6.82. The number of hydrogen-bond donors (Lipinski definition) is 3. The van der Waals surface area contributed by atoms with Gasteiger partial charge in [0.25, 0.3) is 0 Å². The van der Waals surface area contributed by atoms with Gasteiger partial charge in [0.2, 0.25) is 0 Å². The van der Waals surface area contributed by atoms with Crippen molar-refractivity contribution < 1.29 is 26.7 Å². The number of fused-ring (bicyclic) bond motifs is 1. The highest BCUT2D eigenvalue weighted by Crippen LogP contribution is 2.42. The highest BCUT2D eigenvalue weighted by atomic mass is 19.4. The third-order valence-electron chi connectivity index (χ3n) is 7.63. The van der Waals surface area contributed by atoms with Crippen LogP contribution in [0, 0.1) is 11.8 Å². The summed E-state index contributed by atoms with van der Waals surface area (Å²) in [5.41, 5.74) is 0.268. The molecule has 3 N–H and O–H groups in total. The maximum Gasteiger partial charge on any atom is 0.397 e. The standard InChI is InChI=1S/C25H30F5N5O/c26-14-6-7-21-17(10-14)18(13-31-21)22-19(25(28,29)30)12-20(27)23(34-22)32-15-4-3-5-16(11-15)33-24(36)35-8-1-2-9-35/h6-7,10,12-13,15-17,19,21-22,31H,1-5,8-9,11H2,(H,32,34)(H,33,36)/t15?,16-,17?,19?,21?,22?/m0/s1. The van der Waals surface area contributed by atoms with E-state index in [0.717, 1.165) is 38.8 Å². The van der Waals surface area contributed by atoms with Gasteiger partial charge in [-0.1, -0.05) is 6.08 Å². The molecule has 2 amide bonds. The van der Waals surface area contributed by atoms with Gasteiger partial charge in [-0.25, -0.2) is 13.6 Å². The summed E-state index contributed by atoms with van der Waals surface area (Å²) in [6, 6.07) is -2.25. The van der Waals surface area contributed by atoms with Crippen LogP contribution in [-0.4, -0.2) is 60.2 Å². The molecule has 1 saturated heterocycles. The van der Waals surface area contributed by atoms with E-state index in [1.54, 1.807) is 11.0 Å². The molecule has 3 aliphatic heterocycles. The van der Waals surface area contributed by atoms with E-state index in [1.165, 1.54) is 18.4 Å². The lowest BCUT2D eigenvalue weighted by Gasteiger charge is -2.35. The molecular weight excluding hydrogens is 481 g/mol. The Morgan fingerprint density at radius 1 is 1.08 bits per heavy atom. The van der Waals surface area contributed by atoms with Gasteiger partial charge in [0.15, 0.2) is 11.7 Å². The lowest BCUT2D eigenvalue weighted by Crippen LogP contribution is -2.50. The SMILES string of the molecule is O=C(N[C@H]1CCCC(NC2=NC(C3=CNC4C=CC(F)=CC34)C(C(F)(F)F)C=C2F)C1)N1CCCC1. The predicted octanol–water partition coefficient (Wildman–Crippen LogP) is 4.40. The topological polar surface area (TPSA) is 68.8 Å². The number of amides is 2. The van der Waals surface area contributed by atoms with E-state index < -0.39 is 35.7 Å². The summed E-state index contributed by atoms with van der Waals surface area (Å²) in [5, 5.41) is 9.03. The van der Waals surface area contributed by atoms with Crippen molar-refractivity contribution >= 4 is 11.9 Å². The summed E-state index contributed by atoms with van der Waals surface area (Å²) >= 11 is 0. The second-order valence-electron chi connectivity index (χ2n) is 10.1. The number of carbonyl (C=O) groups excluding carboxylic acids is 1. The van der Waals surface area contributed by atoms with E-state index in [-0.39, 0.29) is 35.6 Å². The summed E-state index contributed by atoms with van der Waals surface area (Å²) in [6.45, 7) is 1.46. The normalized spacial score (nSPS) is 34.2. The van der Waals surface area contributed by atoms with Crippen molar-refractivity contribution in [2.24, 2.45) is 16.8 Å². The summed E-state index contributed by atoms with van der Waals surface area (Å²) < 4.78 is 70.6. The quantitative estimate of drug-likeness (QED) is 0.492. The van der Waals surface area contributed by atoms with Gasteiger partial charge in [-0.2, -0.15) is 13.2 Å². The zero-order valence-corrected chi connectivity index (χ0v) is 19.7. The molecule has 36 heavy (non-hydrogen) atoms. The number of hydrogen-bond acceptors (Lipinski definition) is 4. The lowest BCUT2D eigenvalue weighted by molar-refractivity contribution is -0.164. The maximum absolute atomic E-state index is 14.9. The van der Waals surface area contributed by atoms with E-state index in [9.17, 15) is 26.7 Å². The first-order valence-corrected chi connectivity index (χ1v) is 12.5. The molecule has 3 heterocycles. The fourth-order valence-corrected chi connectivity index (χ4v) is 5.78. The number of aliphatic imine (C=N–C) groups is 1. The number of halogens is 5. The minimum Gasteiger partial charge on any atom is -0.384 e. The molecule has 0 aromatic heterocycles. The Labute approximate surface area is 206 Å². The molecule has 1 saturated carbocycles. The largest absolute Gasteiger partial charge is 0.397 e. The van der Waals surface area contributed by atoms with Crippen LogP contribution >= 0.6 is 0 Å². The Morgan fingerprint density at radius 3 is 2.58 bits per heavy atom. The molecular formula is C25H30F5N5O. The molecule has 196 valence electrons. The second-order valence-corrected chi connectivity index (χ2v) is 10.1.